The molecule has 2 nitrogen and oxygen atoms in total. The third-order valence-electron chi connectivity index (χ3n) is 3.76. The summed E-state index contributed by atoms with van der Waals surface area (Å²) in [6.45, 7) is 1.75. The highest BCUT2D eigenvalue weighted by atomic mass is 35.5. The molecular formula is C14H18ClNO. The summed E-state index contributed by atoms with van der Waals surface area (Å²) in [6, 6.07) is 9.20. The first-order chi connectivity index (χ1) is 8.33. The lowest BCUT2D eigenvalue weighted by Gasteiger charge is -2.34. The van der Waals surface area contributed by atoms with Gasteiger partial charge in [-0.3, -0.25) is 0 Å². The summed E-state index contributed by atoms with van der Waals surface area (Å²) in [5.41, 5.74) is 2.79. The Labute approximate surface area is 107 Å². The quantitative estimate of drug-likeness (QED) is 0.834. The fraction of sp³-hybridized carbons (Fsp3) is 0.571. The minimum Gasteiger partial charge on any atom is -0.372 e. The van der Waals surface area contributed by atoms with E-state index in [0.717, 1.165) is 32.4 Å². The van der Waals surface area contributed by atoms with Gasteiger partial charge in [-0.1, -0.05) is 24.3 Å². The number of ether oxygens (including phenoxy) is 1. The minimum atomic E-state index is 0.217. The van der Waals surface area contributed by atoms with Crippen LogP contribution in [0, 0.1) is 0 Å². The molecule has 1 atom stereocenters. The lowest BCUT2D eigenvalue weighted by Crippen LogP contribution is -2.44. The van der Waals surface area contributed by atoms with E-state index in [1.165, 1.54) is 11.1 Å². The number of hydrogen-bond acceptors (Lipinski definition) is 2. The predicted molar refractivity (Wildman–Crippen MR) is 69.5 cm³/mol. The SMILES string of the molecule is ClC1CC(NCC2OCCc3ccccc32)C1. The second kappa shape index (κ2) is 4.97. The zero-order chi connectivity index (χ0) is 11.7. The molecule has 0 amide bonds. The minimum absolute atomic E-state index is 0.217. The van der Waals surface area contributed by atoms with Crippen molar-refractivity contribution >= 4 is 11.6 Å². The summed E-state index contributed by atoms with van der Waals surface area (Å²) >= 11 is 5.98. The average molecular weight is 252 g/mol. The molecule has 3 rings (SSSR count). The summed E-state index contributed by atoms with van der Waals surface area (Å²) in [5.74, 6) is 0. The molecule has 1 heterocycles. The van der Waals surface area contributed by atoms with Gasteiger partial charge in [0.25, 0.3) is 0 Å². The molecule has 3 heteroatoms. The molecule has 1 unspecified atom stereocenters. The Morgan fingerprint density at radius 3 is 2.94 bits per heavy atom. The van der Waals surface area contributed by atoms with Gasteiger partial charge in [0, 0.05) is 18.0 Å². The normalized spacial score (nSPS) is 31.7. The summed E-state index contributed by atoms with van der Waals surface area (Å²) < 4.78 is 5.85. The molecule has 1 N–H and O–H groups in total. The molecule has 0 spiro atoms. The van der Waals surface area contributed by atoms with Crippen LogP contribution in [0.15, 0.2) is 24.3 Å². The smallest absolute Gasteiger partial charge is 0.0952 e. The third kappa shape index (κ3) is 2.49. The van der Waals surface area contributed by atoms with E-state index in [0.29, 0.717) is 11.4 Å². The summed E-state index contributed by atoms with van der Waals surface area (Å²) in [4.78, 5) is 0. The molecule has 0 saturated heterocycles. The fourth-order valence-corrected chi connectivity index (χ4v) is 3.06. The van der Waals surface area contributed by atoms with E-state index >= 15 is 0 Å². The molecule has 17 heavy (non-hydrogen) atoms. The van der Waals surface area contributed by atoms with Crippen LogP contribution in [-0.4, -0.2) is 24.6 Å². The van der Waals surface area contributed by atoms with Crippen molar-refractivity contribution in [2.45, 2.75) is 36.8 Å². The Morgan fingerprint density at radius 2 is 2.12 bits per heavy atom. The molecule has 2 aliphatic rings. The fourth-order valence-electron chi connectivity index (χ4n) is 2.63. The van der Waals surface area contributed by atoms with Crippen LogP contribution in [0.1, 0.15) is 30.1 Å². The first kappa shape index (κ1) is 11.5. The summed E-state index contributed by atoms with van der Waals surface area (Å²) in [5, 5.41) is 3.93. The van der Waals surface area contributed by atoms with Crippen molar-refractivity contribution in [3.05, 3.63) is 35.4 Å². The highest BCUT2D eigenvalue weighted by Gasteiger charge is 2.28. The van der Waals surface area contributed by atoms with E-state index in [9.17, 15) is 0 Å². The van der Waals surface area contributed by atoms with Gasteiger partial charge in [0.15, 0.2) is 0 Å². The maximum absolute atomic E-state index is 5.98. The number of alkyl halides is 1. The number of hydrogen-bond donors (Lipinski definition) is 1. The Kier molecular flexibility index (Phi) is 3.37. The van der Waals surface area contributed by atoms with Crippen LogP contribution in [0.3, 0.4) is 0 Å². The van der Waals surface area contributed by atoms with E-state index in [-0.39, 0.29) is 6.10 Å². The van der Waals surface area contributed by atoms with Gasteiger partial charge in [0.05, 0.1) is 12.7 Å². The maximum atomic E-state index is 5.98. The van der Waals surface area contributed by atoms with Crippen LogP contribution < -0.4 is 5.32 Å². The summed E-state index contributed by atoms with van der Waals surface area (Å²) in [6.07, 6.45) is 3.44. The topological polar surface area (TPSA) is 21.3 Å². The van der Waals surface area contributed by atoms with E-state index < -0.39 is 0 Å². The molecule has 0 radical (unpaired) electrons. The second-order valence-electron chi connectivity index (χ2n) is 4.98. The van der Waals surface area contributed by atoms with Crippen LogP contribution in [-0.2, 0) is 11.2 Å². The molecule has 0 aromatic heterocycles. The van der Waals surface area contributed by atoms with Crippen LogP contribution >= 0.6 is 11.6 Å². The van der Waals surface area contributed by atoms with Crippen molar-refractivity contribution in [2.24, 2.45) is 0 Å². The van der Waals surface area contributed by atoms with Gasteiger partial charge in [-0.2, -0.15) is 0 Å². The predicted octanol–water partition coefficient (Wildman–Crippen LogP) is 2.66. The van der Waals surface area contributed by atoms with E-state index in [4.69, 9.17) is 16.3 Å². The van der Waals surface area contributed by atoms with Crippen molar-refractivity contribution in [3.8, 4) is 0 Å². The largest absolute Gasteiger partial charge is 0.372 e. The number of nitrogens with one attached hydrogen (secondary N) is 1. The zero-order valence-corrected chi connectivity index (χ0v) is 10.6. The molecule has 0 bridgehead atoms. The average Bonchev–Trinajstić information content (AvgIpc) is 2.33. The lowest BCUT2D eigenvalue weighted by molar-refractivity contribution is 0.0387. The monoisotopic (exact) mass is 251 g/mol. The third-order valence-corrected chi connectivity index (χ3v) is 4.12. The van der Waals surface area contributed by atoms with Gasteiger partial charge in [-0.25, -0.2) is 0 Å². The van der Waals surface area contributed by atoms with Crippen LogP contribution in [0.4, 0.5) is 0 Å². The Balaban J connectivity index is 1.61. The Bertz CT molecular complexity index is 390. The number of halogens is 1. The molecule has 1 aromatic carbocycles. The molecule has 1 aliphatic heterocycles. The Morgan fingerprint density at radius 1 is 1.29 bits per heavy atom. The van der Waals surface area contributed by atoms with E-state index in [1.54, 1.807) is 0 Å². The molecule has 1 aromatic rings. The first-order valence-electron chi connectivity index (χ1n) is 6.40. The first-order valence-corrected chi connectivity index (χ1v) is 6.83. The molecule has 1 fully saturated rings. The van der Waals surface area contributed by atoms with Crippen molar-refractivity contribution in [1.82, 2.24) is 5.32 Å². The number of benzene rings is 1. The van der Waals surface area contributed by atoms with E-state index in [2.05, 4.69) is 29.6 Å². The van der Waals surface area contributed by atoms with Gasteiger partial charge in [0.1, 0.15) is 0 Å². The number of rotatable bonds is 3. The van der Waals surface area contributed by atoms with Gasteiger partial charge in [-0.15, -0.1) is 11.6 Å². The highest BCUT2D eigenvalue weighted by molar-refractivity contribution is 6.21. The Hall–Kier alpha value is -0.570. The van der Waals surface area contributed by atoms with Gasteiger partial charge < -0.3 is 10.1 Å². The number of fused-ring (bicyclic) bond motifs is 1. The van der Waals surface area contributed by atoms with Crippen LogP contribution in [0.25, 0.3) is 0 Å². The van der Waals surface area contributed by atoms with Crippen LogP contribution in [0.5, 0.6) is 0 Å². The van der Waals surface area contributed by atoms with Crippen molar-refractivity contribution in [1.29, 1.82) is 0 Å². The molecule has 1 saturated carbocycles. The van der Waals surface area contributed by atoms with Gasteiger partial charge >= 0.3 is 0 Å². The van der Waals surface area contributed by atoms with Crippen molar-refractivity contribution in [2.75, 3.05) is 13.2 Å². The van der Waals surface area contributed by atoms with Gasteiger partial charge in [-0.05, 0) is 30.4 Å². The molecule has 1 aliphatic carbocycles. The molecule has 92 valence electrons. The van der Waals surface area contributed by atoms with Gasteiger partial charge in [0.2, 0.25) is 0 Å². The van der Waals surface area contributed by atoms with E-state index in [1.807, 2.05) is 0 Å². The zero-order valence-electron chi connectivity index (χ0n) is 9.86. The van der Waals surface area contributed by atoms with Crippen molar-refractivity contribution in [3.63, 3.8) is 0 Å². The maximum Gasteiger partial charge on any atom is 0.0952 e. The highest BCUT2D eigenvalue weighted by Crippen LogP contribution is 2.29. The standard InChI is InChI=1S/C14H18ClNO/c15-11-7-12(8-11)16-9-14-13-4-2-1-3-10(13)5-6-17-14/h1-4,11-12,14,16H,5-9H2. The molecular weight excluding hydrogens is 234 g/mol. The lowest BCUT2D eigenvalue weighted by atomic mass is 9.91. The summed E-state index contributed by atoms with van der Waals surface area (Å²) in [7, 11) is 0. The second-order valence-corrected chi connectivity index (χ2v) is 5.60. The van der Waals surface area contributed by atoms with Crippen LogP contribution in [0.2, 0.25) is 0 Å². The van der Waals surface area contributed by atoms with Crippen molar-refractivity contribution < 1.29 is 4.74 Å².